The van der Waals surface area contributed by atoms with Crippen molar-refractivity contribution in [1.82, 2.24) is 9.44 Å². The van der Waals surface area contributed by atoms with Crippen molar-refractivity contribution in [2.75, 3.05) is 7.05 Å². The molecule has 1 aromatic rings. The summed E-state index contributed by atoms with van der Waals surface area (Å²) in [4.78, 5) is 10.3. The van der Waals surface area contributed by atoms with Crippen LogP contribution in [0.2, 0.25) is 0 Å². The zero-order chi connectivity index (χ0) is 15.6. The van der Waals surface area contributed by atoms with Gasteiger partial charge in [-0.2, -0.15) is 4.72 Å². The van der Waals surface area contributed by atoms with Crippen molar-refractivity contribution in [3.63, 3.8) is 0 Å². The van der Waals surface area contributed by atoms with Crippen LogP contribution < -0.4 is 9.44 Å². The third kappa shape index (κ3) is 3.76. The average Bonchev–Trinajstić information content (AvgIpc) is 2.38. The second kappa shape index (κ2) is 5.87. The molecule has 0 radical (unpaired) electrons. The van der Waals surface area contributed by atoms with E-state index in [4.69, 9.17) is 5.11 Å². The van der Waals surface area contributed by atoms with E-state index in [1.54, 1.807) is 0 Å². The minimum atomic E-state index is -4.02. The molecule has 0 aromatic heterocycles. The Morgan fingerprint density at radius 2 is 1.45 bits per heavy atom. The van der Waals surface area contributed by atoms with E-state index in [2.05, 4.69) is 4.72 Å². The van der Waals surface area contributed by atoms with Gasteiger partial charge in [-0.3, -0.25) is 4.79 Å². The number of carboxylic acid groups (broad SMARTS) is 1. The lowest BCUT2D eigenvalue weighted by atomic mass is 10.4. The highest BCUT2D eigenvalue weighted by atomic mass is 32.2. The minimum Gasteiger partial charge on any atom is -0.480 e. The van der Waals surface area contributed by atoms with Crippen LogP contribution in [0.1, 0.15) is 6.92 Å². The van der Waals surface area contributed by atoms with Gasteiger partial charge < -0.3 is 5.11 Å². The minimum absolute atomic E-state index is 0.0924. The van der Waals surface area contributed by atoms with Crippen LogP contribution >= 0.6 is 0 Å². The number of hydrogen-bond donors (Lipinski definition) is 3. The molecule has 0 fully saturated rings. The molecular formula is C10H14N2O6S2. The Balaban J connectivity index is 3.08. The Bertz CT molecular complexity index is 694. The van der Waals surface area contributed by atoms with E-state index < -0.39 is 32.1 Å². The molecule has 20 heavy (non-hydrogen) atoms. The molecule has 0 aliphatic carbocycles. The molecule has 0 saturated heterocycles. The van der Waals surface area contributed by atoms with E-state index in [1.807, 2.05) is 4.72 Å². The molecule has 8 nitrogen and oxygen atoms in total. The molecule has 0 spiro atoms. The fourth-order valence-corrected chi connectivity index (χ4v) is 3.19. The number of carboxylic acids is 1. The van der Waals surface area contributed by atoms with E-state index in [-0.39, 0.29) is 9.79 Å². The number of rotatable bonds is 6. The van der Waals surface area contributed by atoms with Gasteiger partial charge >= 0.3 is 5.97 Å². The third-order valence-corrected chi connectivity index (χ3v) is 5.40. The highest BCUT2D eigenvalue weighted by molar-refractivity contribution is 7.90. The first-order valence-electron chi connectivity index (χ1n) is 5.39. The van der Waals surface area contributed by atoms with Crippen molar-refractivity contribution >= 4 is 26.0 Å². The molecule has 112 valence electrons. The number of hydrogen-bond acceptors (Lipinski definition) is 5. The van der Waals surface area contributed by atoms with Gasteiger partial charge in [0.25, 0.3) is 0 Å². The predicted molar refractivity (Wildman–Crippen MR) is 70.1 cm³/mol. The third-order valence-electron chi connectivity index (χ3n) is 2.42. The number of benzene rings is 1. The SMILES string of the molecule is CNS(=O)(=O)c1ccc(S(=O)(=O)N[C@H](C)C(=O)O)cc1. The number of nitrogens with one attached hydrogen (secondary N) is 2. The summed E-state index contributed by atoms with van der Waals surface area (Å²) >= 11 is 0. The molecule has 10 heteroatoms. The van der Waals surface area contributed by atoms with Crippen molar-refractivity contribution < 1.29 is 26.7 Å². The van der Waals surface area contributed by atoms with Crippen LogP contribution in [0.4, 0.5) is 0 Å². The average molecular weight is 322 g/mol. The maximum atomic E-state index is 11.8. The van der Waals surface area contributed by atoms with Gasteiger partial charge in [0.2, 0.25) is 20.0 Å². The Morgan fingerprint density at radius 3 is 1.80 bits per heavy atom. The van der Waals surface area contributed by atoms with Gasteiger partial charge in [-0.15, -0.1) is 0 Å². The molecule has 3 N–H and O–H groups in total. The van der Waals surface area contributed by atoms with Crippen LogP contribution in [-0.2, 0) is 24.8 Å². The summed E-state index contributed by atoms with van der Waals surface area (Å²) in [6, 6.07) is 3.11. The molecule has 0 unspecified atom stereocenters. The molecular weight excluding hydrogens is 308 g/mol. The number of carbonyl (C=O) groups is 1. The molecule has 0 aliphatic heterocycles. The first-order chi connectivity index (χ1) is 9.10. The maximum Gasteiger partial charge on any atom is 0.321 e. The Hall–Kier alpha value is -1.49. The Kier molecular flexibility index (Phi) is 4.86. The summed E-state index contributed by atoms with van der Waals surface area (Å²) in [6.07, 6.45) is 0. The van der Waals surface area contributed by atoms with Crippen LogP contribution in [0.5, 0.6) is 0 Å². The van der Waals surface area contributed by atoms with Crippen LogP contribution in [0, 0.1) is 0 Å². The molecule has 0 aliphatic rings. The van der Waals surface area contributed by atoms with Crippen molar-refractivity contribution in [1.29, 1.82) is 0 Å². The van der Waals surface area contributed by atoms with Crippen molar-refractivity contribution in [3.05, 3.63) is 24.3 Å². The summed E-state index contributed by atoms with van der Waals surface area (Å²) in [5.74, 6) is -1.32. The predicted octanol–water partition coefficient (Wildman–Crippen LogP) is -0.654. The first-order valence-corrected chi connectivity index (χ1v) is 8.35. The van der Waals surface area contributed by atoms with Gasteiger partial charge in [0.15, 0.2) is 0 Å². The summed E-state index contributed by atoms with van der Waals surface area (Å²) in [6.45, 7) is 1.18. The molecule has 1 atom stereocenters. The van der Waals surface area contributed by atoms with Crippen LogP contribution in [0.3, 0.4) is 0 Å². The van der Waals surface area contributed by atoms with E-state index in [1.165, 1.54) is 14.0 Å². The zero-order valence-electron chi connectivity index (χ0n) is 10.7. The van der Waals surface area contributed by atoms with E-state index in [0.29, 0.717) is 0 Å². The van der Waals surface area contributed by atoms with Gasteiger partial charge in [0, 0.05) is 0 Å². The second-order valence-electron chi connectivity index (χ2n) is 3.86. The van der Waals surface area contributed by atoms with Crippen LogP contribution in [0.25, 0.3) is 0 Å². The van der Waals surface area contributed by atoms with Crippen LogP contribution in [-0.4, -0.2) is 41.0 Å². The molecule has 0 saturated carbocycles. The van der Waals surface area contributed by atoms with Gasteiger partial charge in [0.1, 0.15) is 6.04 Å². The fraction of sp³-hybridized carbons (Fsp3) is 0.300. The maximum absolute atomic E-state index is 11.8. The summed E-state index contributed by atoms with van der Waals surface area (Å²) in [5.41, 5.74) is 0. The van der Waals surface area contributed by atoms with Gasteiger partial charge in [-0.1, -0.05) is 0 Å². The standard InChI is InChI=1S/C10H14N2O6S2/c1-7(10(13)14)12-20(17,18)9-5-3-8(4-6-9)19(15,16)11-2/h3-7,11-12H,1-2H3,(H,13,14)/t7-/m1/s1. The molecule has 0 amide bonds. The molecule has 0 bridgehead atoms. The lowest BCUT2D eigenvalue weighted by Gasteiger charge is -2.10. The summed E-state index contributed by atoms with van der Waals surface area (Å²) in [5, 5.41) is 8.66. The lowest BCUT2D eigenvalue weighted by molar-refractivity contribution is -0.138. The summed E-state index contributed by atoms with van der Waals surface area (Å²) < 4.78 is 50.7. The van der Waals surface area contributed by atoms with Gasteiger partial charge in [-0.25, -0.2) is 21.6 Å². The topological polar surface area (TPSA) is 130 Å². The van der Waals surface area contributed by atoms with Crippen molar-refractivity contribution in [2.24, 2.45) is 0 Å². The first kappa shape index (κ1) is 16.6. The van der Waals surface area contributed by atoms with E-state index >= 15 is 0 Å². The smallest absolute Gasteiger partial charge is 0.321 e. The highest BCUT2D eigenvalue weighted by Crippen LogP contribution is 2.14. The van der Waals surface area contributed by atoms with Gasteiger partial charge in [-0.05, 0) is 38.2 Å². The lowest BCUT2D eigenvalue weighted by Crippen LogP contribution is -2.38. The summed E-state index contributed by atoms with van der Waals surface area (Å²) in [7, 11) is -6.44. The van der Waals surface area contributed by atoms with Crippen molar-refractivity contribution in [2.45, 2.75) is 22.8 Å². The fourth-order valence-electron chi connectivity index (χ4n) is 1.27. The normalized spacial score (nSPS) is 13.9. The Morgan fingerprint density at radius 1 is 1.05 bits per heavy atom. The zero-order valence-corrected chi connectivity index (χ0v) is 12.3. The monoisotopic (exact) mass is 322 g/mol. The number of sulfonamides is 2. The molecule has 0 heterocycles. The van der Waals surface area contributed by atoms with Crippen LogP contribution in [0.15, 0.2) is 34.1 Å². The molecule has 1 aromatic carbocycles. The largest absolute Gasteiger partial charge is 0.480 e. The van der Waals surface area contributed by atoms with E-state index in [0.717, 1.165) is 24.3 Å². The Labute approximate surface area is 116 Å². The highest BCUT2D eigenvalue weighted by Gasteiger charge is 2.22. The number of aliphatic carboxylic acids is 1. The molecule has 1 rings (SSSR count). The van der Waals surface area contributed by atoms with E-state index in [9.17, 15) is 21.6 Å². The second-order valence-corrected chi connectivity index (χ2v) is 7.46. The quantitative estimate of drug-likeness (QED) is 0.638. The van der Waals surface area contributed by atoms with Gasteiger partial charge in [0.05, 0.1) is 9.79 Å². The van der Waals surface area contributed by atoms with Crippen molar-refractivity contribution in [3.8, 4) is 0 Å².